The van der Waals surface area contributed by atoms with Crippen LogP contribution in [0.5, 0.6) is 0 Å². The van der Waals surface area contributed by atoms with E-state index in [-0.39, 0.29) is 42.8 Å². The SMILES string of the molecule is CCn1nc(C2CC2)cc1Nc1nc(C(=O)CCCCn2cnc(CNc3cccc4c3CN(C3CCC(=O)NC3=O)C4=O)c2)nc2[nH]c3cc(-c4c(C)noc4C)c(C)cc3c12. The van der Waals surface area contributed by atoms with Gasteiger partial charge in [0.1, 0.15) is 29.1 Å². The maximum absolute atomic E-state index is 13.9. The summed E-state index contributed by atoms with van der Waals surface area (Å²) < 4.78 is 9.46. The van der Waals surface area contributed by atoms with Crippen LogP contribution in [0.4, 0.5) is 17.3 Å². The third kappa shape index (κ3) is 7.50. The van der Waals surface area contributed by atoms with Crippen LogP contribution < -0.4 is 16.0 Å². The molecule has 1 unspecified atom stereocenters. The van der Waals surface area contributed by atoms with Gasteiger partial charge in [-0.25, -0.2) is 19.6 Å². The molecule has 10 rings (SSSR count). The topological polar surface area (TPSA) is 211 Å². The molecule has 17 heteroatoms. The van der Waals surface area contributed by atoms with Crippen LogP contribution in [0.2, 0.25) is 0 Å². The molecule has 0 spiro atoms. The molecule has 1 aliphatic carbocycles. The number of benzene rings is 2. The van der Waals surface area contributed by atoms with Crippen LogP contribution in [0.3, 0.4) is 0 Å². The molecule has 3 amide bonds. The van der Waals surface area contributed by atoms with Crippen molar-refractivity contribution >= 4 is 62.8 Å². The van der Waals surface area contributed by atoms with Gasteiger partial charge >= 0.3 is 0 Å². The van der Waals surface area contributed by atoms with Gasteiger partial charge in [0.2, 0.25) is 11.8 Å². The number of unbranched alkanes of at least 4 members (excludes halogenated alkanes) is 1. The van der Waals surface area contributed by atoms with Gasteiger partial charge in [0.25, 0.3) is 5.91 Å². The van der Waals surface area contributed by atoms with Crippen molar-refractivity contribution in [1.82, 2.24) is 49.7 Å². The Labute approximate surface area is 362 Å². The van der Waals surface area contributed by atoms with Crippen LogP contribution in [-0.4, -0.2) is 73.9 Å². The highest BCUT2D eigenvalue weighted by atomic mass is 16.5. The first-order chi connectivity index (χ1) is 30.5. The van der Waals surface area contributed by atoms with Crippen LogP contribution in [0.25, 0.3) is 33.1 Å². The van der Waals surface area contributed by atoms with Crippen molar-refractivity contribution in [3.05, 3.63) is 94.3 Å². The fourth-order valence-electron chi connectivity index (χ4n) is 9.03. The average molecular weight is 849 g/mol. The molecule has 1 saturated heterocycles. The number of nitrogens with one attached hydrogen (secondary N) is 4. The first-order valence-electron chi connectivity index (χ1n) is 21.7. The first kappa shape index (κ1) is 39.9. The van der Waals surface area contributed by atoms with E-state index in [4.69, 9.17) is 19.6 Å². The molecule has 2 aromatic carbocycles. The molecular formula is C46H48N12O5. The molecule has 17 nitrogen and oxygen atoms in total. The lowest BCUT2D eigenvalue weighted by Crippen LogP contribution is -2.52. The second-order valence-electron chi connectivity index (χ2n) is 16.9. The zero-order valence-electron chi connectivity index (χ0n) is 35.7. The number of fused-ring (bicyclic) bond motifs is 4. The van der Waals surface area contributed by atoms with E-state index >= 15 is 0 Å². The Bertz CT molecular complexity index is 2970. The van der Waals surface area contributed by atoms with E-state index in [1.807, 2.05) is 41.4 Å². The van der Waals surface area contributed by atoms with Gasteiger partial charge in [0, 0.05) is 83.9 Å². The van der Waals surface area contributed by atoms with Crippen molar-refractivity contribution in [3.8, 4) is 11.1 Å². The fourth-order valence-corrected chi connectivity index (χ4v) is 9.03. The van der Waals surface area contributed by atoms with Crippen molar-refractivity contribution < 1.29 is 23.7 Å². The lowest BCUT2D eigenvalue weighted by atomic mass is 9.97. The molecular weight excluding hydrogens is 801 g/mol. The number of imidazole rings is 1. The molecule has 2 fully saturated rings. The molecule has 7 aromatic rings. The summed E-state index contributed by atoms with van der Waals surface area (Å²) in [6, 6.07) is 11.1. The summed E-state index contributed by atoms with van der Waals surface area (Å²) >= 11 is 0. The van der Waals surface area contributed by atoms with E-state index in [1.54, 1.807) is 17.3 Å². The number of hydrogen-bond donors (Lipinski definition) is 4. The number of carbonyl (C=O) groups is 4. The van der Waals surface area contributed by atoms with Crippen LogP contribution >= 0.6 is 0 Å². The Morgan fingerprint density at radius 1 is 1.02 bits per heavy atom. The largest absolute Gasteiger partial charge is 0.379 e. The molecule has 2 aliphatic heterocycles. The van der Waals surface area contributed by atoms with Gasteiger partial charge in [0.05, 0.1) is 35.3 Å². The summed E-state index contributed by atoms with van der Waals surface area (Å²) in [5.41, 5.74) is 9.34. The second kappa shape index (κ2) is 15.9. The van der Waals surface area contributed by atoms with Crippen LogP contribution in [0.15, 0.2) is 53.4 Å². The zero-order chi connectivity index (χ0) is 43.5. The van der Waals surface area contributed by atoms with E-state index in [9.17, 15) is 19.2 Å². The van der Waals surface area contributed by atoms with Gasteiger partial charge < -0.3 is 29.6 Å². The number of piperidine rings is 1. The maximum atomic E-state index is 13.9. The number of aryl methyl sites for hydroxylation is 5. The highest BCUT2D eigenvalue weighted by Gasteiger charge is 2.40. The number of aromatic amines is 1. The Hall–Kier alpha value is -7.17. The average Bonchev–Trinajstić information content (AvgIpc) is 3.52. The van der Waals surface area contributed by atoms with Gasteiger partial charge in [-0.3, -0.25) is 24.5 Å². The van der Waals surface area contributed by atoms with Gasteiger partial charge in [-0.2, -0.15) is 5.10 Å². The summed E-state index contributed by atoms with van der Waals surface area (Å²) in [6.45, 7) is 10.1. The molecule has 322 valence electrons. The molecule has 1 saturated carbocycles. The number of Topliss-reactive ketones (excluding diaryl/α,β-unsaturated/α-hetero) is 1. The van der Waals surface area contributed by atoms with E-state index in [2.05, 4.69) is 63.1 Å². The lowest BCUT2D eigenvalue weighted by molar-refractivity contribution is -0.136. The van der Waals surface area contributed by atoms with Gasteiger partial charge in [-0.05, 0) is 95.2 Å². The zero-order valence-corrected chi connectivity index (χ0v) is 35.7. The first-order valence-corrected chi connectivity index (χ1v) is 21.7. The summed E-state index contributed by atoms with van der Waals surface area (Å²) in [5, 5.41) is 20.1. The predicted octanol–water partition coefficient (Wildman–Crippen LogP) is 7.15. The number of rotatable bonds is 15. The molecule has 4 N–H and O–H groups in total. The van der Waals surface area contributed by atoms with Crippen molar-refractivity contribution in [1.29, 1.82) is 0 Å². The third-order valence-electron chi connectivity index (χ3n) is 12.5. The second-order valence-corrected chi connectivity index (χ2v) is 16.9. The quantitative estimate of drug-likeness (QED) is 0.0460. The number of carbonyl (C=O) groups excluding carboxylic acids is 4. The molecule has 7 heterocycles. The molecule has 3 aliphatic rings. The molecule has 5 aromatic heterocycles. The minimum Gasteiger partial charge on any atom is -0.379 e. The fraction of sp³-hybridized carbons (Fsp3) is 0.370. The van der Waals surface area contributed by atoms with Crippen LogP contribution in [-0.2, 0) is 35.8 Å². The smallest absolute Gasteiger partial charge is 0.255 e. The number of imide groups is 1. The number of aromatic nitrogens is 8. The van der Waals surface area contributed by atoms with E-state index in [0.717, 1.165) is 92.2 Å². The van der Waals surface area contributed by atoms with Gasteiger partial charge in [-0.1, -0.05) is 11.2 Å². The minimum atomic E-state index is -0.673. The number of anilines is 3. The number of H-pyrrole nitrogens is 1. The number of nitrogens with zero attached hydrogens (tertiary/aromatic N) is 8. The third-order valence-corrected chi connectivity index (χ3v) is 12.5. The summed E-state index contributed by atoms with van der Waals surface area (Å²) in [4.78, 5) is 70.7. The van der Waals surface area contributed by atoms with Gasteiger partial charge in [-0.15, -0.1) is 0 Å². The highest BCUT2D eigenvalue weighted by molar-refractivity contribution is 6.14. The van der Waals surface area contributed by atoms with Crippen molar-refractivity contribution in [3.63, 3.8) is 0 Å². The number of ketones is 1. The normalized spacial score (nSPS) is 16.3. The van der Waals surface area contributed by atoms with E-state index in [1.165, 1.54) is 0 Å². The Balaban J connectivity index is 0.820. The monoisotopic (exact) mass is 848 g/mol. The maximum Gasteiger partial charge on any atom is 0.255 e. The summed E-state index contributed by atoms with van der Waals surface area (Å²) in [5.74, 6) is 1.65. The van der Waals surface area contributed by atoms with E-state index < -0.39 is 11.9 Å². The van der Waals surface area contributed by atoms with Crippen LogP contribution in [0.1, 0.15) is 113 Å². The Morgan fingerprint density at radius 3 is 2.65 bits per heavy atom. The predicted molar refractivity (Wildman–Crippen MR) is 234 cm³/mol. The molecule has 0 bridgehead atoms. The van der Waals surface area contributed by atoms with Crippen molar-refractivity contribution in [2.24, 2.45) is 0 Å². The number of amides is 3. The van der Waals surface area contributed by atoms with Crippen molar-refractivity contribution in [2.75, 3.05) is 10.6 Å². The van der Waals surface area contributed by atoms with Crippen molar-refractivity contribution in [2.45, 2.75) is 111 Å². The minimum absolute atomic E-state index is 0.144. The lowest BCUT2D eigenvalue weighted by Gasteiger charge is -2.29. The Kier molecular flexibility index (Phi) is 10.1. The van der Waals surface area contributed by atoms with Crippen LogP contribution in [0, 0.1) is 20.8 Å². The molecule has 1 atom stereocenters. The molecule has 0 radical (unpaired) electrons. The Morgan fingerprint density at radius 2 is 1.87 bits per heavy atom. The van der Waals surface area contributed by atoms with E-state index in [0.29, 0.717) is 55.4 Å². The van der Waals surface area contributed by atoms with Gasteiger partial charge in [0.15, 0.2) is 11.6 Å². The molecule has 63 heavy (non-hydrogen) atoms. The highest BCUT2D eigenvalue weighted by Crippen LogP contribution is 2.42. The number of hydrogen-bond acceptors (Lipinski definition) is 12. The standard InChI is InChI=1S/C46H48N12O5/c1-5-58-38(19-34(54-58)27-12-13-27)50-44-41-31-17-24(2)30(40-25(3)55-63-26(40)4)18-35(31)49-43(41)52-42(53-44)37(59)11-6-7-16-56-21-28(48-23-56)20-47-33-10-8-9-29-32(33)22-57(46(29)62)36-14-15-39(60)51-45(36)61/h8-10,17-19,21,23,27,36,47H,5-7,11-16,20,22H2,1-4H3,(H,51,60,61)(H2,49,50,52,53). The summed E-state index contributed by atoms with van der Waals surface area (Å²) in [7, 11) is 0. The summed E-state index contributed by atoms with van der Waals surface area (Å²) in [6.07, 6.45) is 8.19.